The summed E-state index contributed by atoms with van der Waals surface area (Å²) >= 11 is 1.44. The molecule has 156 valence electrons. The van der Waals surface area contributed by atoms with E-state index in [1.165, 1.54) is 17.3 Å². The highest BCUT2D eigenvalue weighted by Crippen LogP contribution is 2.40. The lowest BCUT2D eigenvalue weighted by molar-refractivity contribution is -0.115. The van der Waals surface area contributed by atoms with Gasteiger partial charge in [-0.25, -0.2) is 0 Å². The Morgan fingerprint density at radius 2 is 1.90 bits per heavy atom. The van der Waals surface area contributed by atoms with Crippen LogP contribution in [0.4, 0.5) is 5.69 Å². The largest absolute Gasteiger partial charge is 0.492 e. The normalized spacial score (nSPS) is 14.3. The van der Waals surface area contributed by atoms with E-state index < -0.39 is 0 Å². The standard InChI is InChI=1S/C23H26N4O2S/c1-3-29-20-12-8-7-11-19(20)24-22(28)16(2)30-23-26-25-21(18-13-14-18)27(23)15-17-9-5-4-6-10-17/h4-12,16,18H,3,13-15H2,1-2H3,(H,24,28)/t16-/m1/s1. The summed E-state index contributed by atoms with van der Waals surface area (Å²) in [6.07, 6.45) is 2.31. The molecule has 6 nitrogen and oxygen atoms in total. The van der Waals surface area contributed by atoms with Crippen LogP contribution in [0.25, 0.3) is 0 Å². The van der Waals surface area contributed by atoms with Crippen molar-refractivity contribution in [3.8, 4) is 5.75 Å². The average molecular weight is 423 g/mol. The molecule has 1 atom stereocenters. The van der Waals surface area contributed by atoms with Crippen LogP contribution in [0.5, 0.6) is 5.75 Å². The van der Waals surface area contributed by atoms with Crippen LogP contribution in [0.1, 0.15) is 44.0 Å². The Kier molecular flexibility index (Phi) is 6.38. The van der Waals surface area contributed by atoms with Gasteiger partial charge < -0.3 is 14.6 Å². The molecule has 1 N–H and O–H groups in total. The quantitative estimate of drug-likeness (QED) is 0.505. The van der Waals surface area contributed by atoms with E-state index >= 15 is 0 Å². The fourth-order valence-electron chi connectivity index (χ4n) is 3.24. The number of aromatic nitrogens is 3. The molecular weight excluding hydrogens is 396 g/mol. The monoisotopic (exact) mass is 422 g/mol. The van der Waals surface area contributed by atoms with Crippen LogP contribution < -0.4 is 10.1 Å². The zero-order valence-corrected chi connectivity index (χ0v) is 18.1. The Morgan fingerprint density at radius 3 is 2.63 bits per heavy atom. The molecule has 1 amide bonds. The van der Waals surface area contributed by atoms with Gasteiger partial charge in [-0.05, 0) is 44.4 Å². The zero-order valence-electron chi connectivity index (χ0n) is 17.2. The summed E-state index contributed by atoms with van der Waals surface area (Å²) in [5.74, 6) is 2.09. The SMILES string of the molecule is CCOc1ccccc1NC(=O)[C@@H](C)Sc1nnc(C2CC2)n1Cc1ccccc1. The third-order valence-corrected chi connectivity index (χ3v) is 6.05. The summed E-state index contributed by atoms with van der Waals surface area (Å²) in [7, 11) is 0. The maximum atomic E-state index is 12.9. The van der Waals surface area contributed by atoms with Crippen LogP contribution in [0.3, 0.4) is 0 Å². The highest BCUT2D eigenvalue weighted by Gasteiger charge is 2.31. The second-order valence-electron chi connectivity index (χ2n) is 7.37. The van der Waals surface area contributed by atoms with Crippen LogP contribution in [-0.4, -0.2) is 32.5 Å². The maximum absolute atomic E-state index is 12.9. The Balaban J connectivity index is 1.49. The lowest BCUT2D eigenvalue weighted by Gasteiger charge is -2.15. The fraction of sp³-hybridized carbons (Fsp3) is 0.348. The van der Waals surface area contributed by atoms with E-state index in [4.69, 9.17) is 4.74 Å². The van der Waals surface area contributed by atoms with E-state index in [0.29, 0.717) is 30.5 Å². The number of rotatable bonds is 9. The molecule has 4 rings (SSSR count). The fourth-order valence-corrected chi connectivity index (χ4v) is 4.10. The van der Waals surface area contributed by atoms with Crippen molar-refractivity contribution in [2.75, 3.05) is 11.9 Å². The molecule has 1 aliphatic carbocycles. The maximum Gasteiger partial charge on any atom is 0.237 e. The molecule has 1 aromatic heterocycles. The number of nitrogens with one attached hydrogen (secondary N) is 1. The summed E-state index contributed by atoms with van der Waals surface area (Å²) in [5.41, 5.74) is 1.88. The number of carbonyl (C=O) groups excluding carboxylic acids is 1. The second-order valence-corrected chi connectivity index (χ2v) is 8.67. The number of amides is 1. The van der Waals surface area contributed by atoms with Crippen molar-refractivity contribution < 1.29 is 9.53 Å². The van der Waals surface area contributed by atoms with Gasteiger partial charge in [-0.1, -0.05) is 54.2 Å². The van der Waals surface area contributed by atoms with E-state index in [-0.39, 0.29) is 11.2 Å². The van der Waals surface area contributed by atoms with E-state index in [2.05, 4.69) is 32.2 Å². The van der Waals surface area contributed by atoms with Crippen molar-refractivity contribution in [2.24, 2.45) is 0 Å². The molecule has 0 bridgehead atoms. The van der Waals surface area contributed by atoms with Crippen LogP contribution in [0, 0.1) is 0 Å². The van der Waals surface area contributed by atoms with Gasteiger partial charge in [0, 0.05) is 5.92 Å². The third kappa shape index (κ3) is 4.84. The van der Waals surface area contributed by atoms with Crippen LogP contribution >= 0.6 is 11.8 Å². The van der Waals surface area contributed by atoms with Gasteiger partial charge in [0.25, 0.3) is 0 Å². The Hall–Kier alpha value is -2.80. The lowest BCUT2D eigenvalue weighted by atomic mass is 10.2. The summed E-state index contributed by atoms with van der Waals surface area (Å²) in [5, 5.41) is 12.3. The molecule has 2 aromatic carbocycles. The smallest absolute Gasteiger partial charge is 0.237 e. The van der Waals surface area contributed by atoms with Crippen molar-refractivity contribution >= 4 is 23.4 Å². The Labute approximate surface area is 181 Å². The average Bonchev–Trinajstić information content (AvgIpc) is 3.53. The first-order chi connectivity index (χ1) is 14.7. The number of hydrogen-bond acceptors (Lipinski definition) is 5. The van der Waals surface area contributed by atoms with Crippen molar-refractivity contribution in [2.45, 2.75) is 49.6 Å². The van der Waals surface area contributed by atoms with Crippen LogP contribution in [0.2, 0.25) is 0 Å². The molecule has 0 saturated heterocycles. The third-order valence-electron chi connectivity index (χ3n) is 4.97. The summed E-state index contributed by atoms with van der Waals surface area (Å²) in [4.78, 5) is 12.9. The lowest BCUT2D eigenvalue weighted by Crippen LogP contribution is -2.23. The number of nitrogens with zero attached hydrogens (tertiary/aromatic N) is 3. The molecule has 1 saturated carbocycles. The van der Waals surface area contributed by atoms with E-state index in [9.17, 15) is 4.79 Å². The van der Waals surface area contributed by atoms with Crippen molar-refractivity contribution in [3.63, 3.8) is 0 Å². The molecular formula is C23H26N4O2S. The first-order valence-electron chi connectivity index (χ1n) is 10.3. The molecule has 1 heterocycles. The van der Waals surface area contributed by atoms with E-state index in [0.717, 1.165) is 23.8 Å². The molecule has 0 aliphatic heterocycles. The van der Waals surface area contributed by atoms with Crippen molar-refractivity contribution in [1.82, 2.24) is 14.8 Å². The molecule has 0 unspecified atom stereocenters. The van der Waals surface area contributed by atoms with Gasteiger partial charge in [-0.3, -0.25) is 4.79 Å². The van der Waals surface area contributed by atoms with Gasteiger partial charge >= 0.3 is 0 Å². The minimum atomic E-state index is -0.328. The van der Waals surface area contributed by atoms with Gasteiger partial charge in [-0.2, -0.15) is 0 Å². The van der Waals surface area contributed by atoms with Gasteiger partial charge in [0.2, 0.25) is 5.91 Å². The van der Waals surface area contributed by atoms with Gasteiger partial charge in [-0.15, -0.1) is 10.2 Å². The van der Waals surface area contributed by atoms with Gasteiger partial charge in [0.15, 0.2) is 5.16 Å². The molecule has 3 aromatic rings. The molecule has 1 fully saturated rings. The summed E-state index contributed by atoms with van der Waals surface area (Å²) in [6, 6.07) is 17.8. The minimum absolute atomic E-state index is 0.0885. The summed E-state index contributed by atoms with van der Waals surface area (Å²) in [6.45, 7) is 5.07. The molecule has 1 aliphatic rings. The van der Waals surface area contributed by atoms with Crippen molar-refractivity contribution in [3.05, 3.63) is 66.0 Å². The predicted octanol–water partition coefficient (Wildman–Crippen LogP) is 4.72. The highest BCUT2D eigenvalue weighted by molar-refractivity contribution is 8.00. The number of anilines is 1. The summed E-state index contributed by atoms with van der Waals surface area (Å²) < 4.78 is 7.77. The van der Waals surface area contributed by atoms with Crippen LogP contribution in [-0.2, 0) is 11.3 Å². The number of thioether (sulfide) groups is 1. The highest BCUT2D eigenvalue weighted by atomic mass is 32.2. The van der Waals surface area contributed by atoms with Crippen molar-refractivity contribution in [1.29, 1.82) is 0 Å². The van der Waals surface area contributed by atoms with Gasteiger partial charge in [0.05, 0.1) is 24.1 Å². The van der Waals surface area contributed by atoms with Gasteiger partial charge in [0.1, 0.15) is 11.6 Å². The first-order valence-corrected chi connectivity index (χ1v) is 11.2. The zero-order chi connectivity index (χ0) is 20.9. The topological polar surface area (TPSA) is 69.0 Å². The van der Waals surface area contributed by atoms with E-state index in [1.807, 2.05) is 56.3 Å². The predicted molar refractivity (Wildman–Crippen MR) is 119 cm³/mol. The van der Waals surface area contributed by atoms with Crippen LogP contribution in [0.15, 0.2) is 59.8 Å². The second kappa shape index (κ2) is 9.34. The minimum Gasteiger partial charge on any atom is -0.492 e. The molecule has 7 heteroatoms. The number of benzene rings is 2. The number of para-hydroxylation sites is 2. The van der Waals surface area contributed by atoms with E-state index in [1.54, 1.807) is 0 Å². The molecule has 0 radical (unpaired) electrons. The number of hydrogen-bond donors (Lipinski definition) is 1. The Morgan fingerprint density at radius 1 is 1.17 bits per heavy atom. The Bertz CT molecular complexity index is 1000. The molecule has 0 spiro atoms. The number of ether oxygens (including phenoxy) is 1. The first kappa shape index (κ1) is 20.5. The molecule has 30 heavy (non-hydrogen) atoms. The number of carbonyl (C=O) groups is 1.